The maximum Gasteiger partial charge on any atom is 0.142 e. The molecule has 0 spiro atoms. The molecule has 2 aromatic rings. The first-order valence-corrected chi connectivity index (χ1v) is 6.37. The van der Waals surface area contributed by atoms with Crippen LogP contribution in [0.1, 0.15) is 16.7 Å². The molecule has 21 heavy (non-hydrogen) atoms. The van der Waals surface area contributed by atoms with Gasteiger partial charge in [0.25, 0.3) is 0 Å². The second kappa shape index (κ2) is 6.87. The average molecular weight is 288 g/mol. The summed E-state index contributed by atoms with van der Waals surface area (Å²) in [5.74, 6) is 4.36. The van der Waals surface area contributed by atoms with Gasteiger partial charge in [0.1, 0.15) is 30.6 Å². The summed E-state index contributed by atoms with van der Waals surface area (Å²) in [6.07, 6.45) is 0. The molecule has 2 nitrogen and oxygen atoms in total. The monoisotopic (exact) mass is 288 g/mol. The van der Waals surface area contributed by atoms with Crippen LogP contribution in [0.25, 0.3) is 0 Å². The maximum absolute atomic E-state index is 13.7. The standard InChI is InChI=1S/C17H14F2O2/c1-12-4-6-15(18)9-14(12)11-21-16-7-5-13(3-2-8-20)17(19)10-16/h4-7,9-10,20H,8,11H2,1H3. The number of halogens is 2. The van der Waals surface area contributed by atoms with Gasteiger partial charge in [-0.2, -0.15) is 0 Å². The highest BCUT2D eigenvalue weighted by molar-refractivity contribution is 5.40. The van der Waals surface area contributed by atoms with Crippen molar-refractivity contribution in [2.24, 2.45) is 0 Å². The van der Waals surface area contributed by atoms with Crippen molar-refractivity contribution >= 4 is 0 Å². The number of ether oxygens (including phenoxy) is 1. The molecule has 4 heteroatoms. The third-order valence-corrected chi connectivity index (χ3v) is 2.95. The molecule has 0 bridgehead atoms. The minimum atomic E-state index is -0.524. The van der Waals surface area contributed by atoms with Gasteiger partial charge < -0.3 is 9.84 Å². The SMILES string of the molecule is Cc1ccc(F)cc1COc1ccc(C#CCO)c(F)c1. The Balaban J connectivity index is 2.10. The van der Waals surface area contributed by atoms with Crippen LogP contribution >= 0.6 is 0 Å². The van der Waals surface area contributed by atoms with Crippen LogP contribution in [0.2, 0.25) is 0 Å². The number of aliphatic hydroxyl groups is 1. The molecular formula is C17H14F2O2. The van der Waals surface area contributed by atoms with Crippen molar-refractivity contribution in [2.75, 3.05) is 6.61 Å². The van der Waals surface area contributed by atoms with Crippen molar-refractivity contribution in [1.82, 2.24) is 0 Å². The molecule has 0 aromatic heterocycles. The number of benzene rings is 2. The Morgan fingerprint density at radius 3 is 2.67 bits per heavy atom. The maximum atomic E-state index is 13.7. The smallest absolute Gasteiger partial charge is 0.142 e. The molecule has 108 valence electrons. The fraction of sp³-hybridized carbons (Fsp3) is 0.176. The minimum absolute atomic E-state index is 0.157. The molecule has 1 N–H and O–H groups in total. The van der Waals surface area contributed by atoms with Crippen molar-refractivity contribution in [1.29, 1.82) is 0 Å². The predicted molar refractivity (Wildman–Crippen MR) is 75.8 cm³/mol. The van der Waals surface area contributed by atoms with Crippen molar-refractivity contribution < 1.29 is 18.6 Å². The Morgan fingerprint density at radius 2 is 1.95 bits per heavy atom. The van der Waals surface area contributed by atoms with E-state index in [1.54, 1.807) is 12.1 Å². The first-order valence-electron chi connectivity index (χ1n) is 6.37. The van der Waals surface area contributed by atoms with Gasteiger partial charge in [-0.3, -0.25) is 0 Å². The Kier molecular flexibility index (Phi) is 4.91. The van der Waals surface area contributed by atoms with Gasteiger partial charge in [0.2, 0.25) is 0 Å². The van der Waals surface area contributed by atoms with Gasteiger partial charge in [0.15, 0.2) is 0 Å². The molecule has 2 rings (SSSR count). The zero-order chi connectivity index (χ0) is 15.2. The van der Waals surface area contributed by atoms with Crippen molar-refractivity contribution in [2.45, 2.75) is 13.5 Å². The van der Waals surface area contributed by atoms with Gasteiger partial charge in [0, 0.05) is 6.07 Å². The van der Waals surface area contributed by atoms with E-state index < -0.39 is 5.82 Å². The Morgan fingerprint density at radius 1 is 1.14 bits per heavy atom. The summed E-state index contributed by atoms with van der Waals surface area (Å²) < 4.78 is 32.3. The molecule has 0 saturated heterocycles. The highest BCUT2D eigenvalue weighted by Crippen LogP contribution is 2.19. The van der Waals surface area contributed by atoms with Crippen molar-refractivity contribution in [3.8, 4) is 17.6 Å². The van der Waals surface area contributed by atoms with E-state index in [1.807, 2.05) is 6.92 Å². The Hall–Kier alpha value is -2.38. The lowest BCUT2D eigenvalue weighted by atomic mass is 10.1. The van der Waals surface area contributed by atoms with Gasteiger partial charge in [-0.15, -0.1) is 0 Å². The molecule has 0 aliphatic carbocycles. The van der Waals surface area contributed by atoms with Crippen molar-refractivity contribution in [3.63, 3.8) is 0 Å². The van der Waals surface area contributed by atoms with Gasteiger partial charge in [-0.05, 0) is 42.3 Å². The molecule has 0 saturated carbocycles. The summed E-state index contributed by atoms with van der Waals surface area (Å²) in [6, 6.07) is 8.73. The zero-order valence-electron chi connectivity index (χ0n) is 11.5. The Bertz CT molecular complexity index is 700. The van der Waals surface area contributed by atoms with Crippen LogP contribution in [0.5, 0.6) is 5.75 Å². The van der Waals surface area contributed by atoms with Gasteiger partial charge in [0.05, 0.1) is 5.56 Å². The molecule has 0 aliphatic rings. The Labute approximate surface area is 122 Å². The molecule has 2 aromatic carbocycles. The molecule has 0 aliphatic heterocycles. The van der Waals surface area contributed by atoms with E-state index in [0.717, 1.165) is 5.56 Å². The van der Waals surface area contributed by atoms with Crippen LogP contribution in [-0.2, 0) is 6.61 Å². The number of aryl methyl sites for hydroxylation is 1. The molecule has 0 heterocycles. The molecular weight excluding hydrogens is 274 g/mol. The summed E-state index contributed by atoms with van der Waals surface area (Å²) in [6.45, 7) is 1.69. The third-order valence-electron chi connectivity index (χ3n) is 2.95. The van der Waals surface area contributed by atoms with Crippen LogP contribution < -0.4 is 4.74 Å². The first-order chi connectivity index (χ1) is 10.1. The van der Waals surface area contributed by atoms with E-state index in [4.69, 9.17) is 9.84 Å². The van der Waals surface area contributed by atoms with E-state index in [-0.39, 0.29) is 24.6 Å². The van der Waals surface area contributed by atoms with E-state index in [9.17, 15) is 8.78 Å². The van der Waals surface area contributed by atoms with Gasteiger partial charge in [-0.25, -0.2) is 8.78 Å². The normalized spacial score (nSPS) is 9.90. The number of hydrogen-bond donors (Lipinski definition) is 1. The fourth-order valence-corrected chi connectivity index (χ4v) is 1.78. The molecule has 0 fully saturated rings. The van der Waals surface area contributed by atoms with Crippen molar-refractivity contribution in [3.05, 3.63) is 64.7 Å². The second-order valence-corrected chi connectivity index (χ2v) is 4.46. The molecule has 0 amide bonds. The largest absolute Gasteiger partial charge is 0.489 e. The van der Waals surface area contributed by atoms with Crippen LogP contribution in [0.4, 0.5) is 8.78 Å². The van der Waals surface area contributed by atoms with E-state index in [1.165, 1.54) is 24.3 Å². The van der Waals surface area contributed by atoms with E-state index in [2.05, 4.69) is 11.8 Å². The topological polar surface area (TPSA) is 29.5 Å². The quantitative estimate of drug-likeness (QED) is 0.879. The van der Waals surface area contributed by atoms with Crippen LogP contribution in [0.3, 0.4) is 0 Å². The van der Waals surface area contributed by atoms with E-state index in [0.29, 0.717) is 11.3 Å². The van der Waals surface area contributed by atoms with Crippen LogP contribution in [-0.4, -0.2) is 11.7 Å². The predicted octanol–water partition coefficient (Wildman–Crippen LogP) is 3.20. The fourth-order valence-electron chi connectivity index (χ4n) is 1.78. The van der Waals surface area contributed by atoms with Gasteiger partial charge in [-0.1, -0.05) is 17.9 Å². The van der Waals surface area contributed by atoms with Gasteiger partial charge >= 0.3 is 0 Å². The third kappa shape index (κ3) is 4.04. The summed E-state index contributed by atoms with van der Waals surface area (Å²) in [5.41, 5.74) is 1.81. The molecule has 0 radical (unpaired) electrons. The summed E-state index contributed by atoms with van der Waals surface area (Å²) in [4.78, 5) is 0. The second-order valence-electron chi connectivity index (χ2n) is 4.46. The van der Waals surface area contributed by atoms with Crippen LogP contribution in [0.15, 0.2) is 36.4 Å². The summed E-state index contributed by atoms with van der Waals surface area (Å²) >= 11 is 0. The lowest BCUT2D eigenvalue weighted by Gasteiger charge is -2.09. The molecule has 0 atom stereocenters. The summed E-state index contributed by atoms with van der Waals surface area (Å²) in [5, 5.41) is 8.58. The highest BCUT2D eigenvalue weighted by atomic mass is 19.1. The first kappa shape index (κ1) is 15.0. The minimum Gasteiger partial charge on any atom is -0.489 e. The lowest BCUT2D eigenvalue weighted by molar-refractivity contribution is 0.303. The summed E-state index contributed by atoms with van der Waals surface area (Å²) in [7, 11) is 0. The zero-order valence-corrected chi connectivity index (χ0v) is 11.5. The van der Waals surface area contributed by atoms with Crippen LogP contribution in [0, 0.1) is 30.4 Å². The number of aliphatic hydroxyl groups excluding tert-OH is 1. The average Bonchev–Trinajstić information content (AvgIpc) is 2.47. The molecule has 0 unspecified atom stereocenters. The highest BCUT2D eigenvalue weighted by Gasteiger charge is 2.05. The lowest BCUT2D eigenvalue weighted by Crippen LogP contribution is -1.99. The van der Waals surface area contributed by atoms with E-state index >= 15 is 0 Å². The number of hydrogen-bond acceptors (Lipinski definition) is 2. The number of rotatable bonds is 3.